The number of hydrogen-bond acceptors (Lipinski definition) is 1. The highest BCUT2D eigenvalue weighted by Gasteiger charge is 1.95. The van der Waals surface area contributed by atoms with Gasteiger partial charge in [0.25, 0.3) is 0 Å². The third-order valence-electron chi connectivity index (χ3n) is 2.93. The molecule has 2 heteroatoms. The molecule has 1 nitrogen and oxygen atoms in total. The third kappa shape index (κ3) is 14.2. The van der Waals surface area contributed by atoms with Crippen molar-refractivity contribution in [1.29, 1.82) is 0 Å². The Kier molecular flexibility index (Phi) is 13.5. The predicted molar refractivity (Wildman–Crippen MR) is 75.4 cm³/mol. The summed E-state index contributed by atoms with van der Waals surface area (Å²) in [6.07, 6.45) is 12.3. The summed E-state index contributed by atoms with van der Waals surface area (Å²) in [6, 6.07) is 0. The van der Waals surface area contributed by atoms with Crippen molar-refractivity contribution in [1.82, 2.24) is 5.32 Å². The second-order valence-electron chi connectivity index (χ2n) is 4.79. The van der Waals surface area contributed by atoms with E-state index in [2.05, 4.69) is 19.2 Å². The fourth-order valence-corrected chi connectivity index (χ4v) is 1.92. The van der Waals surface area contributed by atoms with E-state index in [1.54, 1.807) is 0 Å². The molecule has 1 atom stereocenters. The van der Waals surface area contributed by atoms with E-state index < -0.39 is 0 Å². The van der Waals surface area contributed by atoms with Crippen molar-refractivity contribution in [3.63, 3.8) is 0 Å². The first kappa shape index (κ1) is 16.2. The fraction of sp³-hybridized carbons (Fsp3) is 1.00. The largest absolute Gasteiger partial charge is 0.317 e. The molecule has 0 radical (unpaired) electrons. The molecule has 1 N–H and O–H groups in total. The lowest BCUT2D eigenvalue weighted by Gasteiger charge is -2.05. The average molecular weight is 248 g/mol. The summed E-state index contributed by atoms with van der Waals surface area (Å²) in [4.78, 5) is 0. The number of rotatable bonds is 12. The van der Waals surface area contributed by atoms with Crippen LogP contribution in [0.15, 0.2) is 0 Å². The van der Waals surface area contributed by atoms with Gasteiger partial charge in [-0.3, -0.25) is 0 Å². The van der Waals surface area contributed by atoms with Crippen LogP contribution < -0.4 is 5.32 Å². The van der Waals surface area contributed by atoms with Gasteiger partial charge >= 0.3 is 0 Å². The molecule has 0 saturated heterocycles. The molecule has 0 aliphatic rings. The summed E-state index contributed by atoms with van der Waals surface area (Å²) < 4.78 is 0. The van der Waals surface area contributed by atoms with E-state index in [0.29, 0.717) is 5.38 Å². The van der Waals surface area contributed by atoms with Crippen LogP contribution in [0.4, 0.5) is 0 Å². The molecule has 0 rings (SSSR count). The number of nitrogens with one attached hydrogen (secondary N) is 1. The zero-order chi connectivity index (χ0) is 12.1. The summed E-state index contributed by atoms with van der Waals surface area (Å²) in [5.74, 6) is 0. The normalized spacial score (nSPS) is 12.9. The molecule has 0 aliphatic carbocycles. The summed E-state index contributed by atoms with van der Waals surface area (Å²) in [5, 5.41) is 3.75. The van der Waals surface area contributed by atoms with E-state index in [1.807, 2.05) is 0 Å². The Bertz CT molecular complexity index is 126. The van der Waals surface area contributed by atoms with E-state index >= 15 is 0 Å². The zero-order valence-electron chi connectivity index (χ0n) is 11.2. The molecule has 0 aromatic carbocycles. The minimum absolute atomic E-state index is 0.311. The molecule has 16 heavy (non-hydrogen) atoms. The molecular formula is C14H30ClN. The number of unbranched alkanes of at least 4 members (excludes halogenated alkanes) is 7. The SMILES string of the molecule is CCCCCCCCCCNCCC(C)Cl. The van der Waals surface area contributed by atoms with Crippen molar-refractivity contribution in [2.75, 3.05) is 13.1 Å². The molecule has 0 aromatic rings. The van der Waals surface area contributed by atoms with Crippen LogP contribution in [0.25, 0.3) is 0 Å². The highest BCUT2D eigenvalue weighted by Crippen LogP contribution is 2.07. The lowest BCUT2D eigenvalue weighted by atomic mass is 10.1. The second-order valence-corrected chi connectivity index (χ2v) is 5.54. The van der Waals surface area contributed by atoms with Crippen LogP contribution in [0.5, 0.6) is 0 Å². The van der Waals surface area contributed by atoms with Crippen LogP contribution in [-0.4, -0.2) is 18.5 Å². The molecule has 98 valence electrons. The van der Waals surface area contributed by atoms with Crippen LogP contribution >= 0.6 is 11.6 Å². The molecule has 0 spiro atoms. The lowest BCUT2D eigenvalue weighted by Crippen LogP contribution is -2.18. The highest BCUT2D eigenvalue weighted by atomic mass is 35.5. The molecule has 0 bridgehead atoms. The average Bonchev–Trinajstić information content (AvgIpc) is 2.25. The highest BCUT2D eigenvalue weighted by molar-refractivity contribution is 6.20. The van der Waals surface area contributed by atoms with Crippen LogP contribution in [0.2, 0.25) is 0 Å². The number of halogens is 1. The Balaban J connectivity index is 2.88. The van der Waals surface area contributed by atoms with Gasteiger partial charge in [0.1, 0.15) is 0 Å². The fourth-order valence-electron chi connectivity index (χ4n) is 1.81. The maximum Gasteiger partial charge on any atom is 0.0319 e. The van der Waals surface area contributed by atoms with Crippen LogP contribution in [0, 0.1) is 0 Å². The lowest BCUT2D eigenvalue weighted by molar-refractivity contribution is 0.550. The maximum atomic E-state index is 5.86. The topological polar surface area (TPSA) is 12.0 Å². The molecular weight excluding hydrogens is 218 g/mol. The molecule has 0 amide bonds. The molecule has 0 heterocycles. The quantitative estimate of drug-likeness (QED) is 0.388. The third-order valence-corrected chi connectivity index (χ3v) is 3.14. The van der Waals surface area contributed by atoms with Gasteiger partial charge < -0.3 is 5.32 Å². The first-order valence-corrected chi connectivity index (χ1v) is 7.55. The van der Waals surface area contributed by atoms with E-state index in [0.717, 1.165) is 13.0 Å². The monoisotopic (exact) mass is 247 g/mol. The van der Waals surface area contributed by atoms with E-state index in [-0.39, 0.29) is 0 Å². The van der Waals surface area contributed by atoms with Crippen LogP contribution in [0.1, 0.15) is 71.6 Å². The van der Waals surface area contributed by atoms with Gasteiger partial charge in [-0.05, 0) is 32.9 Å². The molecule has 0 fully saturated rings. The van der Waals surface area contributed by atoms with Gasteiger partial charge in [0, 0.05) is 5.38 Å². The molecule has 1 unspecified atom stereocenters. The Hall–Kier alpha value is 0.250. The van der Waals surface area contributed by atoms with Crippen molar-refractivity contribution < 1.29 is 0 Å². The van der Waals surface area contributed by atoms with Gasteiger partial charge in [-0.25, -0.2) is 0 Å². The van der Waals surface area contributed by atoms with Gasteiger partial charge in [0.2, 0.25) is 0 Å². The van der Waals surface area contributed by atoms with Gasteiger partial charge in [-0.15, -0.1) is 11.6 Å². The zero-order valence-corrected chi connectivity index (χ0v) is 12.0. The van der Waals surface area contributed by atoms with Crippen molar-refractivity contribution >= 4 is 11.6 Å². The Morgan fingerprint density at radius 3 is 2.00 bits per heavy atom. The van der Waals surface area contributed by atoms with Crippen molar-refractivity contribution in [2.24, 2.45) is 0 Å². The van der Waals surface area contributed by atoms with Gasteiger partial charge in [-0.1, -0.05) is 51.9 Å². The Labute approximate surface area is 107 Å². The minimum Gasteiger partial charge on any atom is -0.317 e. The van der Waals surface area contributed by atoms with Crippen LogP contribution in [0.3, 0.4) is 0 Å². The standard InChI is InChI=1S/C14H30ClN/c1-3-4-5-6-7-8-9-10-12-16-13-11-14(2)15/h14,16H,3-13H2,1-2H3. The number of alkyl halides is 1. The Morgan fingerprint density at radius 2 is 1.44 bits per heavy atom. The summed E-state index contributed by atoms with van der Waals surface area (Å²) >= 11 is 5.86. The van der Waals surface area contributed by atoms with E-state index in [4.69, 9.17) is 11.6 Å². The maximum absolute atomic E-state index is 5.86. The van der Waals surface area contributed by atoms with E-state index in [9.17, 15) is 0 Å². The van der Waals surface area contributed by atoms with Gasteiger partial charge in [0.05, 0.1) is 0 Å². The predicted octanol–water partition coefficient (Wildman–Crippen LogP) is 4.73. The van der Waals surface area contributed by atoms with Crippen molar-refractivity contribution in [2.45, 2.75) is 77.0 Å². The van der Waals surface area contributed by atoms with E-state index in [1.165, 1.54) is 57.9 Å². The van der Waals surface area contributed by atoms with Crippen LogP contribution in [-0.2, 0) is 0 Å². The minimum atomic E-state index is 0.311. The summed E-state index contributed by atoms with van der Waals surface area (Å²) in [7, 11) is 0. The second kappa shape index (κ2) is 13.3. The summed E-state index contributed by atoms with van der Waals surface area (Å²) in [5.41, 5.74) is 0. The molecule has 0 aliphatic heterocycles. The summed E-state index contributed by atoms with van der Waals surface area (Å²) in [6.45, 7) is 6.56. The van der Waals surface area contributed by atoms with Crippen molar-refractivity contribution in [3.05, 3.63) is 0 Å². The first-order chi connectivity index (χ1) is 7.77. The molecule has 0 aromatic heterocycles. The van der Waals surface area contributed by atoms with Gasteiger partial charge in [-0.2, -0.15) is 0 Å². The Morgan fingerprint density at radius 1 is 0.875 bits per heavy atom. The molecule has 0 saturated carbocycles. The van der Waals surface area contributed by atoms with Crippen molar-refractivity contribution in [3.8, 4) is 0 Å². The smallest absolute Gasteiger partial charge is 0.0319 e. The first-order valence-electron chi connectivity index (χ1n) is 7.12. The number of hydrogen-bond donors (Lipinski definition) is 1. The van der Waals surface area contributed by atoms with Gasteiger partial charge in [0.15, 0.2) is 0 Å².